The van der Waals surface area contributed by atoms with E-state index >= 15 is 0 Å². The Kier molecular flexibility index (Phi) is 5.44. The summed E-state index contributed by atoms with van der Waals surface area (Å²) in [6.45, 7) is 2.15. The maximum absolute atomic E-state index is 5.33. The summed E-state index contributed by atoms with van der Waals surface area (Å²) in [5.41, 5.74) is 3.32. The first-order valence-corrected chi connectivity index (χ1v) is 8.15. The van der Waals surface area contributed by atoms with E-state index in [9.17, 15) is 0 Å². The Labute approximate surface area is 130 Å². The Balaban J connectivity index is 1.97. The molecule has 0 aliphatic carbocycles. The van der Waals surface area contributed by atoms with Gasteiger partial charge in [0.15, 0.2) is 5.11 Å². The third kappa shape index (κ3) is 4.25. The highest BCUT2D eigenvalue weighted by atomic mass is 32.2. The van der Waals surface area contributed by atoms with Gasteiger partial charge in [0.1, 0.15) is 0 Å². The zero-order valence-electron chi connectivity index (χ0n) is 11.6. The number of hydrogen-bond acceptors (Lipinski definition) is 2. The topological polar surface area (TPSA) is 24.1 Å². The molecule has 0 aromatic heterocycles. The molecule has 0 bridgehead atoms. The molecule has 0 amide bonds. The predicted octanol–water partition coefficient (Wildman–Crippen LogP) is 4.78. The molecule has 2 aromatic carbocycles. The van der Waals surface area contributed by atoms with Crippen LogP contribution in [0.3, 0.4) is 0 Å². The number of benzene rings is 2. The van der Waals surface area contributed by atoms with Crippen molar-refractivity contribution in [2.45, 2.75) is 18.2 Å². The van der Waals surface area contributed by atoms with Crippen LogP contribution in [0.15, 0.2) is 53.4 Å². The molecule has 20 heavy (non-hydrogen) atoms. The molecule has 0 saturated heterocycles. The molecule has 0 aliphatic rings. The molecule has 0 unspecified atom stereocenters. The van der Waals surface area contributed by atoms with E-state index in [0.717, 1.165) is 17.8 Å². The van der Waals surface area contributed by atoms with Crippen LogP contribution in [-0.4, -0.2) is 11.4 Å². The van der Waals surface area contributed by atoms with Gasteiger partial charge < -0.3 is 10.6 Å². The molecule has 0 radical (unpaired) electrons. The fraction of sp³-hybridized carbons (Fsp3) is 0.188. The van der Waals surface area contributed by atoms with Crippen molar-refractivity contribution in [2.75, 3.05) is 16.9 Å². The minimum atomic E-state index is 0.604. The lowest BCUT2D eigenvalue weighted by atomic mass is 10.1. The van der Waals surface area contributed by atoms with Gasteiger partial charge in [-0.05, 0) is 60.8 Å². The molecule has 2 aromatic rings. The third-order valence-corrected chi connectivity index (χ3v) is 3.88. The minimum Gasteiger partial charge on any atom is -0.332 e. The van der Waals surface area contributed by atoms with Gasteiger partial charge in [0, 0.05) is 16.3 Å². The number of thioether (sulfide) groups is 1. The molecule has 0 fully saturated rings. The Morgan fingerprint density at radius 2 is 1.75 bits per heavy atom. The average molecular weight is 302 g/mol. The van der Waals surface area contributed by atoms with E-state index < -0.39 is 0 Å². The monoisotopic (exact) mass is 302 g/mol. The molecule has 0 spiro atoms. The fourth-order valence-corrected chi connectivity index (χ4v) is 2.51. The van der Waals surface area contributed by atoms with Gasteiger partial charge in [0.2, 0.25) is 0 Å². The zero-order valence-corrected chi connectivity index (χ0v) is 13.3. The van der Waals surface area contributed by atoms with Crippen LogP contribution < -0.4 is 10.6 Å². The maximum Gasteiger partial charge on any atom is 0.175 e. The summed E-state index contributed by atoms with van der Waals surface area (Å²) in [6, 6.07) is 16.5. The third-order valence-electron chi connectivity index (χ3n) is 2.95. The molecular formula is C16H18N2S2. The van der Waals surface area contributed by atoms with Crippen molar-refractivity contribution in [2.24, 2.45) is 0 Å². The van der Waals surface area contributed by atoms with Gasteiger partial charge in [-0.15, -0.1) is 11.8 Å². The normalized spacial score (nSPS) is 10.1. The summed E-state index contributed by atoms with van der Waals surface area (Å²) >= 11 is 7.04. The lowest BCUT2D eigenvalue weighted by Crippen LogP contribution is -2.18. The standard InChI is InChI=1S/C16H18N2S2/c1-3-12-7-9-13(10-8-12)17-16(19)18-14-5-4-6-15(11-14)20-2/h4-11H,3H2,1-2H3,(H2,17,18,19). The predicted molar refractivity (Wildman–Crippen MR) is 93.9 cm³/mol. The molecule has 0 saturated carbocycles. The molecule has 4 heteroatoms. The number of aryl methyl sites for hydroxylation is 1. The molecule has 2 nitrogen and oxygen atoms in total. The van der Waals surface area contributed by atoms with Crippen molar-refractivity contribution in [1.82, 2.24) is 0 Å². The van der Waals surface area contributed by atoms with E-state index in [-0.39, 0.29) is 0 Å². The second-order valence-electron chi connectivity index (χ2n) is 4.36. The first-order chi connectivity index (χ1) is 9.71. The molecule has 0 aliphatic heterocycles. The average Bonchev–Trinajstić information content (AvgIpc) is 2.48. The SMILES string of the molecule is CCc1ccc(NC(=S)Nc2cccc(SC)c2)cc1. The van der Waals surface area contributed by atoms with Gasteiger partial charge in [-0.2, -0.15) is 0 Å². The van der Waals surface area contributed by atoms with E-state index in [1.165, 1.54) is 10.5 Å². The summed E-state index contributed by atoms with van der Waals surface area (Å²) in [5.74, 6) is 0. The van der Waals surface area contributed by atoms with Gasteiger partial charge in [-0.3, -0.25) is 0 Å². The van der Waals surface area contributed by atoms with E-state index in [4.69, 9.17) is 12.2 Å². The minimum absolute atomic E-state index is 0.604. The Bertz CT molecular complexity index is 579. The van der Waals surface area contributed by atoms with Crippen molar-refractivity contribution in [3.63, 3.8) is 0 Å². The summed E-state index contributed by atoms with van der Waals surface area (Å²) in [4.78, 5) is 1.21. The maximum atomic E-state index is 5.33. The van der Waals surface area contributed by atoms with E-state index in [2.05, 4.69) is 48.1 Å². The van der Waals surface area contributed by atoms with Crippen molar-refractivity contribution in [3.8, 4) is 0 Å². The largest absolute Gasteiger partial charge is 0.332 e. The lowest BCUT2D eigenvalue weighted by Gasteiger charge is -2.11. The van der Waals surface area contributed by atoms with Crippen molar-refractivity contribution in [1.29, 1.82) is 0 Å². The smallest absolute Gasteiger partial charge is 0.175 e. The highest BCUT2D eigenvalue weighted by Gasteiger charge is 2.00. The van der Waals surface area contributed by atoms with Crippen molar-refractivity contribution in [3.05, 3.63) is 54.1 Å². The van der Waals surface area contributed by atoms with Crippen LogP contribution >= 0.6 is 24.0 Å². The van der Waals surface area contributed by atoms with Gasteiger partial charge in [0.05, 0.1) is 0 Å². The highest BCUT2D eigenvalue weighted by molar-refractivity contribution is 7.98. The molecule has 2 N–H and O–H groups in total. The van der Waals surface area contributed by atoms with E-state index in [0.29, 0.717) is 5.11 Å². The number of rotatable bonds is 4. The van der Waals surface area contributed by atoms with Crippen LogP contribution in [0.25, 0.3) is 0 Å². The molecule has 2 rings (SSSR count). The quantitative estimate of drug-likeness (QED) is 0.627. The Morgan fingerprint density at radius 3 is 2.40 bits per heavy atom. The summed E-state index contributed by atoms with van der Waals surface area (Å²) in [7, 11) is 0. The number of hydrogen-bond donors (Lipinski definition) is 2. The molecule has 104 valence electrons. The van der Waals surface area contributed by atoms with Crippen LogP contribution in [0.5, 0.6) is 0 Å². The first kappa shape index (κ1) is 14.9. The van der Waals surface area contributed by atoms with E-state index in [1.807, 2.05) is 24.3 Å². The van der Waals surface area contributed by atoms with Crippen LogP contribution in [0, 0.1) is 0 Å². The van der Waals surface area contributed by atoms with Gasteiger partial charge >= 0.3 is 0 Å². The second-order valence-corrected chi connectivity index (χ2v) is 5.65. The zero-order chi connectivity index (χ0) is 14.4. The van der Waals surface area contributed by atoms with E-state index in [1.54, 1.807) is 11.8 Å². The van der Waals surface area contributed by atoms with Crippen molar-refractivity contribution >= 4 is 40.5 Å². The Hall–Kier alpha value is -1.52. The Morgan fingerprint density at radius 1 is 1.05 bits per heavy atom. The van der Waals surface area contributed by atoms with Crippen LogP contribution in [0.2, 0.25) is 0 Å². The van der Waals surface area contributed by atoms with Crippen molar-refractivity contribution < 1.29 is 0 Å². The summed E-state index contributed by atoms with van der Waals surface area (Å²) in [5, 5.41) is 7.00. The van der Waals surface area contributed by atoms with Crippen LogP contribution in [-0.2, 0) is 6.42 Å². The van der Waals surface area contributed by atoms with Gasteiger partial charge in [-0.25, -0.2) is 0 Å². The molecule has 0 atom stereocenters. The molecule has 0 heterocycles. The van der Waals surface area contributed by atoms with Crippen LogP contribution in [0.1, 0.15) is 12.5 Å². The summed E-state index contributed by atoms with van der Waals surface area (Å²) < 4.78 is 0. The van der Waals surface area contributed by atoms with Gasteiger partial charge in [0.25, 0.3) is 0 Å². The lowest BCUT2D eigenvalue weighted by molar-refractivity contribution is 1.14. The summed E-state index contributed by atoms with van der Waals surface area (Å²) in [6.07, 6.45) is 3.11. The number of nitrogens with one attached hydrogen (secondary N) is 2. The highest BCUT2D eigenvalue weighted by Crippen LogP contribution is 2.19. The first-order valence-electron chi connectivity index (χ1n) is 6.52. The van der Waals surface area contributed by atoms with Crippen LogP contribution in [0.4, 0.5) is 11.4 Å². The number of anilines is 2. The fourth-order valence-electron chi connectivity index (χ4n) is 1.82. The number of thiocarbonyl (C=S) groups is 1. The second kappa shape index (κ2) is 7.31. The molecular weight excluding hydrogens is 284 g/mol. The van der Waals surface area contributed by atoms with Gasteiger partial charge in [-0.1, -0.05) is 25.1 Å².